The fraction of sp³-hybridized carbons (Fsp3) is 0.0588. The highest BCUT2D eigenvalue weighted by Gasteiger charge is 2.30. The molecule has 2 N–H and O–H groups in total. The molecule has 2 aromatic carbocycles. The van der Waals surface area contributed by atoms with E-state index < -0.39 is 18.1 Å². The second kappa shape index (κ2) is 8.15. The number of thiazole rings is 1. The summed E-state index contributed by atoms with van der Waals surface area (Å²) in [6.45, 7) is 0. The third-order valence-electron chi connectivity index (χ3n) is 3.26. The average Bonchev–Trinajstić information content (AvgIpc) is 3.06. The zero-order chi connectivity index (χ0) is 20.3. The molecule has 0 saturated carbocycles. The molecule has 0 bridgehead atoms. The molecular formula is C17H10BrF4N3O2S. The average molecular weight is 476 g/mol. The molecule has 0 aliphatic carbocycles. The predicted octanol–water partition coefficient (Wildman–Crippen LogP) is 5.94. The Hall–Kier alpha value is -2.66. The van der Waals surface area contributed by atoms with Gasteiger partial charge in [0, 0.05) is 15.5 Å². The number of carbonyl (C=O) groups is 1. The lowest BCUT2D eigenvalue weighted by Crippen LogP contribution is -2.16. The Labute approximate surface area is 168 Å². The fourth-order valence-corrected chi connectivity index (χ4v) is 3.12. The molecule has 0 spiro atoms. The Bertz CT molecular complexity index is 993. The smallest absolute Gasteiger partial charge is 0.406 e. The number of hydrogen-bond donors (Lipinski definition) is 2. The maximum absolute atomic E-state index is 13.8. The van der Waals surface area contributed by atoms with Crippen LogP contribution in [0.15, 0.2) is 52.3 Å². The van der Waals surface area contributed by atoms with E-state index in [4.69, 9.17) is 0 Å². The molecule has 28 heavy (non-hydrogen) atoms. The lowest BCUT2D eigenvalue weighted by Gasteiger charge is -2.09. The normalized spacial score (nSPS) is 11.2. The number of ether oxygens (including phenoxy) is 1. The Morgan fingerprint density at radius 1 is 1.14 bits per heavy atom. The molecule has 0 atom stereocenters. The number of halogens is 5. The summed E-state index contributed by atoms with van der Waals surface area (Å²) in [4.78, 5) is 16.3. The molecule has 0 radical (unpaired) electrons. The molecule has 0 fully saturated rings. The molecule has 0 saturated heterocycles. The van der Waals surface area contributed by atoms with Crippen LogP contribution in [-0.4, -0.2) is 17.3 Å². The highest BCUT2D eigenvalue weighted by Crippen LogP contribution is 2.27. The number of hydrogen-bond acceptors (Lipinski definition) is 5. The van der Waals surface area contributed by atoms with Gasteiger partial charge >= 0.3 is 6.36 Å². The van der Waals surface area contributed by atoms with Gasteiger partial charge in [-0.1, -0.05) is 15.9 Å². The number of amides is 1. The molecule has 0 aliphatic rings. The van der Waals surface area contributed by atoms with E-state index in [1.165, 1.54) is 29.6 Å². The van der Waals surface area contributed by atoms with Gasteiger partial charge in [0.05, 0.1) is 5.69 Å². The summed E-state index contributed by atoms with van der Waals surface area (Å²) < 4.78 is 54.6. The van der Waals surface area contributed by atoms with Crippen LogP contribution in [0.3, 0.4) is 0 Å². The number of anilines is 3. The Kier molecular flexibility index (Phi) is 5.84. The van der Waals surface area contributed by atoms with Crippen LogP contribution in [0.1, 0.15) is 10.5 Å². The van der Waals surface area contributed by atoms with Crippen LogP contribution in [0.5, 0.6) is 5.75 Å². The van der Waals surface area contributed by atoms with Crippen molar-refractivity contribution in [3.8, 4) is 5.75 Å². The number of nitrogens with zero attached hydrogens (tertiary/aromatic N) is 1. The van der Waals surface area contributed by atoms with Crippen LogP contribution in [0.2, 0.25) is 0 Å². The van der Waals surface area contributed by atoms with Crippen LogP contribution < -0.4 is 15.4 Å². The van der Waals surface area contributed by atoms with Gasteiger partial charge in [-0.05, 0) is 42.5 Å². The number of carbonyl (C=O) groups excluding carboxylic acids is 1. The first-order chi connectivity index (χ1) is 13.2. The van der Waals surface area contributed by atoms with Gasteiger partial charge in [0.1, 0.15) is 17.3 Å². The standard InChI is InChI=1S/C17H10BrF4N3O2S/c18-9-1-6-13(12(19)7-9)24-15(26)14-8-28-16(25-14)23-10-2-4-11(5-3-10)27-17(20,21)22/h1-8H,(H,23,25)(H,24,26). The van der Waals surface area contributed by atoms with Gasteiger partial charge in [0.2, 0.25) is 0 Å². The van der Waals surface area contributed by atoms with E-state index in [0.717, 1.165) is 23.5 Å². The van der Waals surface area contributed by atoms with Gasteiger partial charge in [0.15, 0.2) is 5.13 Å². The van der Waals surface area contributed by atoms with Crippen LogP contribution in [0.25, 0.3) is 0 Å². The van der Waals surface area contributed by atoms with Crippen molar-refractivity contribution in [1.82, 2.24) is 4.98 Å². The minimum absolute atomic E-state index is 0.0102. The van der Waals surface area contributed by atoms with Gasteiger partial charge in [0.25, 0.3) is 5.91 Å². The van der Waals surface area contributed by atoms with Gasteiger partial charge in [-0.15, -0.1) is 24.5 Å². The van der Waals surface area contributed by atoms with E-state index in [2.05, 4.69) is 36.3 Å². The molecule has 1 amide bonds. The third-order valence-corrected chi connectivity index (χ3v) is 4.51. The summed E-state index contributed by atoms with van der Waals surface area (Å²) in [5, 5.41) is 7.09. The molecule has 5 nitrogen and oxygen atoms in total. The van der Waals surface area contributed by atoms with Crippen molar-refractivity contribution in [2.75, 3.05) is 10.6 Å². The monoisotopic (exact) mass is 475 g/mol. The first kappa shape index (κ1) is 20.1. The summed E-state index contributed by atoms with van der Waals surface area (Å²) in [6.07, 6.45) is -4.76. The van der Waals surface area contributed by atoms with Gasteiger partial charge in [-0.3, -0.25) is 4.79 Å². The molecule has 3 rings (SSSR count). The van der Waals surface area contributed by atoms with Crippen molar-refractivity contribution in [2.45, 2.75) is 6.36 Å². The molecule has 3 aromatic rings. The Morgan fingerprint density at radius 3 is 2.50 bits per heavy atom. The summed E-state index contributed by atoms with van der Waals surface area (Å²) >= 11 is 4.23. The molecule has 146 valence electrons. The van der Waals surface area contributed by atoms with Crippen LogP contribution in [0.4, 0.5) is 34.1 Å². The molecule has 0 unspecified atom stereocenters. The number of nitrogens with one attached hydrogen (secondary N) is 2. The van der Waals surface area contributed by atoms with Crippen LogP contribution >= 0.6 is 27.3 Å². The van der Waals surface area contributed by atoms with Crippen molar-refractivity contribution in [1.29, 1.82) is 0 Å². The second-order valence-electron chi connectivity index (χ2n) is 5.31. The van der Waals surface area contributed by atoms with Crippen LogP contribution in [-0.2, 0) is 0 Å². The van der Waals surface area contributed by atoms with E-state index in [-0.39, 0.29) is 17.1 Å². The van der Waals surface area contributed by atoms with E-state index in [1.54, 1.807) is 6.07 Å². The first-order valence-electron chi connectivity index (χ1n) is 7.54. The van der Waals surface area contributed by atoms with Crippen molar-refractivity contribution < 1.29 is 27.1 Å². The predicted molar refractivity (Wildman–Crippen MR) is 101 cm³/mol. The molecule has 11 heteroatoms. The Balaban J connectivity index is 1.64. The molecule has 0 aliphatic heterocycles. The quantitative estimate of drug-likeness (QED) is 0.448. The number of benzene rings is 2. The minimum atomic E-state index is -4.76. The lowest BCUT2D eigenvalue weighted by molar-refractivity contribution is -0.274. The number of alkyl halides is 3. The summed E-state index contributed by atoms with van der Waals surface area (Å²) in [5.74, 6) is -1.55. The molecule has 1 aromatic heterocycles. The van der Waals surface area contributed by atoms with Crippen molar-refractivity contribution >= 4 is 49.7 Å². The summed E-state index contributed by atoms with van der Waals surface area (Å²) in [5.41, 5.74) is 0.526. The maximum Gasteiger partial charge on any atom is 0.573 e. The lowest BCUT2D eigenvalue weighted by atomic mass is 10.3. The summed E-state index contributed by atoms with van der Waals surface area (Å²) in [6, 6.07) is 9.25. The van der Waals surface area contributed by atoms with Gasteiger partial charge in [-0.25, -0.2) is 9.37 Å². The van der Waals surface area contributed by atoms with Gasteiger partial charge < -0.3 is 15.4 Å². The fourth-order valence-electron chi connectivity index (χ4n) is 2.08. The summed E-state index contributed by atoms with van der Waals surface area (Å²) in [7, 11) is 0. The number of rotatable bonds is 5. The highest BCUT2D eigenvalue weighted by molar-refractivity contribution is 9.10. The van der Waals surface area contributed by atoms with E-state index >= 15 is 0 Å². The largest absolute Gasteiger partial charge is 0.573 e. The Morgan fingerprint density at radius 2 is 1.86 bits per heavy atom. The van der Waals surface area contributed by atoms with Crippen molar-refractivity contribution in [2.24, 2.45) is 0 Å². The zero-order valence-electron chi connectivity index (χ0n) is 13.7. The van der Waals surface area contributed by atoms with Crippen LogP contribution in [0, 0.1) is 5.82 Å². The second-order valence-corrected chi connectivity index (χ2v) is 7.09. The molecule has 1 heterocycles. The van der Waals surface area contributed by atoms with Crippen molar-refractivity contribution in [3.05, 3.63) is 63.8 Å². The van der Waals surface area contributed by atoms with E-state index in [1.807, 2.05) is 0 Å². The zero-order valence-corrected chi connectivity index (χ0v) is 16.1. The topological polar surface area (TPSA) is 63.2 Å². The molecular weight excluding hydrogens is 466 g/mol. The third kappa shape index (κ3) is 5.42. The number of aromatic nitrogens is 1. The highest BCUT2D eigenvalue weighted by atomic mass is 79.9. The maximum atomic E-state index is 13.8. The minimum Gasteiger partial charge on any atom is -0.406 e. The van der Waals surface area contributed by atoms with Gasteiger partial charge in [-0.2, -0.15) is 0 Å². The first-order valence-corrected chi connectivity index (χ1v) is 9.22. The van der Waals surface area contributed by atoms with E-state index in [0.29, 0.717) is 15.3 Å². The van der Waals surface area contributed by atoms with E-state index in [9.17, 15) is 22.4 Å². The van der Waals surface area contributed by atoms with Crippen molar-refractivity contribution in [3.63, 3.8) is 0 Å². The SMILES string of the molecule is O=C(Nc1ccc(Br)cc1F)c1csc(Nc2ccc(OC(F)(F)F)cc2)n1.